The van der Waals surface area contributed by atoms with Crippen molar-refractivity contribution in [2.24, 2.45) is 4.99 Å². The SMILES string of the molecule is CCCCOOC=NC(CO)Cc1ccc(N)cc1. The van der Waals surface area contributed by atoms with E-state index in [0.29, 0.717) is 13.0 Å². The van der Waals surface area contributed by atoms with Gasteiger partial charge in [0.05, 0.1) is 19.3 Å². The van der Waals surface area contributed by atoms with E-state index >= 15 is 0 Å². The van der Waals surface area contributed by atoms with Gasteiger partial charge >= 0.3 is 0 Å². The van der Waals surface area contributed by atoms with Gasteiger partial charge in [-0.05, 0) is 30.5 Å². The summed E-state index contributed by atoms with van der Waals surface area (Å²) in [6.45, 7) is 2.58. The summed E-state index contributed by atoms with van der Waals surface area (Å²) in [6, 6.07) is 7.27. The van der Waals surface area contributed by atoms with Crippen molar-refractivity contribution < 1.29 is 14.9 Å². The molecule has 0 amide bonds. The van der Waals surface area contributed by atoms with Gasteiger partial charge in [0, 0.05) is 5.69 Å². The molecule has 0 aliphatic rings. The van der Waals surface area contributed by atoms with Crippen molar-refractivity contribution in [3.63, 3.8) is 0 Å². The number of rotatable bonds is 9. The Kier molecular flexibility index (Phi) is 7.62. The number of nitrogens with two attached hydrogens (primary N) is 1. The van der Waals surface area contributed by atoms with Gasteiger partial charge in [-0.15, -0.1) is 0 Å². The number of aliphatic imine (C=N–C) groups is 1. The first-order valence-corrected chi connectivity index (χ1v) is 6.51. The summed E-state index contributed by atoms with van der Waals surface area (Å²) >= 11 is 0. The standard InChI is InChI=1S/C14H22N2O3/c1-2-3-8-18-19-11-16-14(10-17)9-12-4-6-13(15)7-5-12/h4-7,11,14,17H,2-3,8-10,15H2,1H3. The molecule has 0 aliphatic carbocycles. The molecule has 1 unspecified atom stereocenters. The van der Waals surface area contributed by atoms with Gasteiger partial charge in [-0.2, -0.15) is 4.89 Å². The largest absolute Gasteiger partial charge is 0.399 e. The molecule has 106 valence electrons. The molecular weight excluding hydrogens is 244 g/mol. The molecule has 5 heteroatoms. The molecule has 0 heterocycles. The molecule has 5 nitrogen and oxygen atoms in total. The second kappa shape index (κ2) is 9.35. The Balaban J connectivity index is 2.32. The van der Waals surface area contributed by atoms with E-state index in [1.54, 1.807) is 0 Å². The third-order valence-electron chi connectivity index (χ3n) is 2.63. The Bertz CT molecular complexity index is 365. The molecule has 0 spiro atoms. The van der Waals surface area contributed by atoms with Crippen molar-refractivity contribution in [2.45, 2.75) is 32.2 Å². The number of anilines is 1. The Hall–Kier alpha value is -1.59. The molecule has 19 heavy (non-hydrogen) atoms. The van der Waals surface area contributed by atoms with E-state index in [2.05, 4.69) is 11.9 Å². The van der Waals surface area contributed by atoms with Crippen LogP contribution in [-0.4, -0.2) is 30.8 Å². The van der Waals surface area contributed by atoms with Crippen LogP contribution in [0.2, 0.25) is 0 Å². The van der Waals surface area contributed by atoms with E-state index in [1.807, 2.05) is 24.3 Å². The molecule has 1 rings (SSSR count). The van der Waals surface area contributed by atoms with Crippen LogP contribution in [0.25, 0.3) is 0 Å². The molecule has 0 aliphatic heterocycles. The topological polar surface area (TPSA) is 77.1 Å². The minimum absolute atomic E-state index is 0.0425. The third kappa shape index (κ3) is 6.79. The molecule has 0 saturated carbocycles. The zero-order valence-corrected chi connectivity index (χ0v) is 11.3. The lowest BCUT2D eigenvalue weighted by molar-refractivity contribution is -0.217. The predicted molar refractivity (Wildman–Crippen MR) is 75.9 cm³/mol. The molecule has 0 fully saturated rings. The average molecular weight is 266 g/mol. The van der Waals surface area contributed by atoms with Crippen LogP contribution in [-0.2, 0) is 16.2 Å². The minimum atomic E-state index is -0.238. The second-order valence-electron chi connectivity index (χ2n) is 4.31. The molecule has 1 atom stereocenters. The van der Waals surface area contributed by atoms with Crippen LogP contribution in [0.3, 0.4) is 0 Å². The summed E-state index contributed by atoms with van der Waals surface area (Å²) in [5.41, 5.74) is 7.40. The monoisotopic (exact) mass is 266 g/mol. The van der Waals surface area contributed by atoms with Gasteiger partial charge in [0.2, 0.25) is 6.40 Å². The highest BCUT2D eigenvalue weighted by molar-refractivity contribution is 5.46. The summed E-state index contributed by atoms with van der Waals surface area (Å²) in [5, 5.41) is 9.25. The maximum atomic E-state index is 9.25. The number of hydrogen-bond acceptors (Lipinski definition) is 5. The first kappa shape index (κ1) is 15.5. The molecule has 0 saturated heterocycles. The maximum absolute atomic E-state index is 9.25. The van der Waals surface area contributed by atoms with Crippen molar-refractivity contribution in [2.75, 3.05) is 18.9 Å². The van der Waals surface area contributed by atoms with Gasteiger partial charge in [-0.3, -0.25) is 0 Å². The quantitative estimate of drug-likeness (QED) is 0.179. The van der Waals surface area contributed by atoms with E-state index in [9.17, 15) is 5.11 Å². The summed E-state index contributed by atoms with van der Waals surface area (Å²) in [4.78, 5) is 13.8. The highest BCUT2D eigenvalue weighted by Crippen LogP contribution is 2.09. The van der Waals surface area contributed by atoms with E-state index in [4.69, 9.17) is 15.5 Å². The van der Waals surface area contributed by atoms with Gasteiger partial charge in [0.1, 0.15) is 0 Å². The van der Waals surface area contributed by atoms with E-state index in [0.717, 1.165) is 24.1 Å². The first-order valence-electron chi connectivity index (χ1n) is 6.51. The summed E-state index contributed by atoms with van der Waals surface area (Å²) in [6.07, 6.45) is 3.87. The lowest BCUT2D eigenvalue weighted by Crippen LogP contribution is -2.14. The number of hydrogen-bond donors (Lipinski definition) is 2. The summed E-state index contributed by atoms with van der Waals surface area (Å²) < 4.78 is 0. The number of aliphatic hydroxyl groups excluding tert-OH is 1. The fourth-order valence-electron chi connectivity index (χ4n) is 1.48. The molecule has 1 aromatic rings. The fourth-order valence-corrected chi connectivity index (χ4v) is 1.48. The number of aliphatic hydroxyl groups is 1. The normalized spacial score (nSPS) is 12.7. The van der Waals surface area contributed by atoms with Gasteiger partial charge in [-0.1, -0.05) is 25.5 Å². The van der Waals surface area contributed by atoms with Crippen LogP contribution in [0.5, 0.6) is 0 Å². The highest BCUT2D eigenvalue weighted by atomic mass is 17.2. The lowest BCUT2D eigenvalue weighted by Gasteiger charge is -2.09. The van der Waals surface area contributed by atoms with Crippen molar-refractivity contribution in [3.8, 4) is 0 Å². The molecule has 0 radical (unpaired) electrons. The van der Waals surface area contributed by atoms with Crippen LogP contribution >= 0.6 is 0 Å². The Labute approximate surface area is 114 Å². The Morgan fingerprint density at radius 1 is 1.37 bits per heavy atom. The van der Waals surface area contributed by atoms with Crippen molar-refractivity contribution in [1.29, 1.82) is 0 Å². The first-order chi connectivity index (χ1) is 9.26. The van der Waals surface area contributed by atoms with Crippen LogP contribution in [0, 0.1) is 0 Å². The smallest absolute Gasteiger partial charge is 0.215 e. The Morgan fingerprint density at radius 2 is 2.11 bits per heavy atom. The van der Waals surface area contributed by atoms with E-state index < -0.39 is 0 Å². The van der Waals surface area contributed by atoms with E-state index in [1.165, 1.54) is 6.40 Å². The summed E-state index contributed by atoms with van der Waals surface area (Å²) in [7, 11) is 0. The molecule has 0 bridgehead atoms. The van der Waals surface area contributed by atoms with Crippen molar-refractivity contribution >= 4 is 12.1 Å². The predicted octanol–water partition coefficient (Wildman–Crippen LogP) is 1.95. The minimum Gasteiger partial charge on any atom is -0.399 e. The number of unbranched alkanes of at least 4 members (excludes halogenated alkanes) is 1. The zero-order chi connectivity index (χ0) is 13.9. The van der Waals surface area contributed by atoms with E-state index in [-0.39, 0.29) is 12.6 Å². The molecule has 3 N–H and O–H groups in total. The average Bonchev–Trinajstić information content (AvgIpc) is 2.43. The third-order valence-corrected chi connectivity index (χ3v) is 2.63. The highest BCUT2D eigenvalue weighted by Gasteiger charge is 2.06. The van der Waals surface area contributed by atoms with Crippen LogP contribution in [0.15, 0.2) is 29.3 Å². The number of nitrogen functional groups attached to an aromatic ring is 1. The van der Waals surface area contributed by atoms with Crippen LogP contribution < -0.4 is 5.73 Å². The van der Waals surface area contributed by atoms with Gasteiger partial charge in [-0.25, -0.2) is 4.99 Å². The molecular formula is C14H22N2O3. The maximum Gasteiger partial charge on any atom is 0.215 e. The number of nitrogens with zero attached hydrogens (tertiary/aromatic N) is 1. The van der Waals surface area contributed by atoms with Crippen LogP contribution in [0.4, 0.5) is 5.69 Å². The summed E-state index contributed by atoms with van der Waals surface area (Å²) in [5.74, 6) is 0. The van der Waals surface area contributed by atoms with Gasteiger partial charge in [0.25, 0.3) is 0 Å². The van der Waals surface area contributed by atoms with Gasteiger partial charge in [0.15, 0.2) is 0 Å². The van der Waals surface area contributed by atoms with Crippen LogP contribution in [0.1, 0.15) is 25.3 Å². The lowest BCUT2D eigenvalue weighted by atomic mass is 10.1. The second-order valence-corrected chi connectivity index (χ2v) is 4.31. The van der Waals surface area contributed by atoms with Gasteiger partial charge < -0.3 is 15.7 Å². The molecule has 0 aromatic heterocycles. The zero-order valence-electron chi connectivity index (χ0n) is 11.3. The van der Waals surface area contributed by atoms with Crippen molar-refractivity contribution in [1.82, 2.24) is 0 Å². The Morgan fingerprint density at radius 3 is 2.74 bits per heavy atom. The molecule has 1 aromatic carbocycles. The fraction of sp³-hybridized carbons (Fsp3) is 0.500. The number of benzene rings is 1. The van der Waals surface area contributed by atoms with Crippen molar-refractivity contribution in [3.05, 3.63) is 29.8 Å².